The Bertz CT molecular complexity index is 449. The molecular formula is C10H15N5O3. The zero-order chi connectivity index (χ0) is 13.5. The van der Waals surface area contributed by atoms with E-state index in [0.29, 0.717) is 6.54 Å². The number of carbonyl (C=O) groups is 1. The van der Waals surface area contributed by atoms with Gasteiger partial charge in [-0.05, 0) is 6.42 Å². The van der Waals surface area contributed by atoms with Gasteiger partial charge in [-0.15, -0.1) is 0 Å². The molecule has 0 aromatic carbocycles. The van der Waals surface area contributed by atoms with Crippen molar-refractivity contribution in [3.05, 3.63) is 22.2 Å². The number of nitrogens with one attached hydrogen (secondary N) is 2. The minimum atomic E-state index is -0.569. The lowest BCUT2D eigenvalue weighted by Crippen LogP contribution is -2.30. The molecule has 0 spiro atoms. The Labute approximate surface area is 104 Å². The van der Waals surface area contributed by atoms with Crippen molar-refractivity contribution in [3.63, 3.8) is 0 Å². The highest BCUT2D eigenvalue weighted by Crippen LogP contribution is 2.18. The smallest absolute Gasteiger partial charge is 0.276 e. The van der Waals surface area contributed by atoms with Crippen molar-refractivity contribution in [2.75, 3.05) is 24.1 Å². The summed E-state index contributed by atoms with van der Waals surface area (Å²) in [6.45, 7) is 2.52. The van der Waals surface area contributed by atoms with Crippen molar-refractivity contribution >= 4 is 23.2 Å². The summed E-state index contributed by atoms with van der Waals surface area (Å²) in [4.78, 5) is 25.2. The molecule has 1 rings (SSSR count). The summed E-state index contributed by atoms with van der Waals surface area (Å²) in [5, 5.41) is 15.9. The van der Waals surface area contributed by atoms with Crippen molar-refractivity contribution in [2.24, 2.45) is 0 Å². The van der Waals surface area contributed by atoms with Gasteiger partial charge in [-0.25, -0.2) is 4.98 Å². The van der Waals surface area contributed by atoms with Crippen LogP contribution in [0.5, 0.6) is 0 Å². The van der Waals surface area contributed by atoms with E-state index in [9.17, 15) is 14.9 Å². The van der Waals surface area contributed by atoms with Crippen molar-refractivity contribution in [3.8, 4) is 0 Å². The van der Waals surface area contributed by atoms with Crippen LogP contribution in [0.15, 0.2) is 12.1 Å². The van der Waals surface area contributed by atoms with Gasteiger partial charge in [0.25, 0.3) is 5.69 Å². The Morgan fingerprint density at radius 1 is 1.56 bits per heavy atom. The van der Waals surface area contributed by atoms with E-state index in [0.717, 1.165) is 12.5 Å². The number of anilines is 2. The minimum Gasteiger partial charge on any atom is -0.383 e. The van der Waals surface area contributed by atoms with Gasteiger partial charge in [0.15, 0.2) is 0 Å². The Kier molecular flexibility index (Phi) is 4.85. The first-order valence-electron chi connectivity index (χ1n) is 5.45. The average Bonchev–Trinajstić information content (AvgIpc) is 2.33. The molecule has 0 aliphatic carbocycles. The van der Waals surface area contributed by atoms with Crippen molar-refractivity contribution < 1.29 is 9.72 Å². The van der Waals surface area contributed by atoms with Crippen LogP contribution in [0.2, 0.25) is 0 Å². The molecular weight excluding hydrogens is 238 g/mol. The van der Waals surface area contributed by atoms with E-state index in [1.807, 2.05) is 6.92 Å². The second-order valence-corrected chi connectivity index (χ2v) is 3.60. The van der Waals surface area contributed by atoms with E-state index >= 15 is 0 Å². The highest BCUT2D eigenvalue weighted by atomic mass is 16.6. The second kappa shape index (κ2) is 6.38. The number of aromatic nitrogens is 1. The van der Waals surface area contributed by atoms with E-state index in [2.05, 4.69) is 15.6 Å². The van der Waals surface area contributed by atoms with Gasteiger partial charge in [0, 0.05) is 6.54 Å². The second-order valence-electron chi connectivity index (χ2n) is 3.60. The number of amides is 1. The molecule has 1 aromatic heterocycles. The third-order valence-electron chi connectivity index (χ3n) is 2.04. The van der Waals surface area contributed by atoms with Crippen LogP contribution in [0.1, 0.15) is 13.3 Å². The molecule has 8 heteroatoms. The summed E-state index contributed by atoms with van der Waals surface area (Å²) in [5.74, 6) is 0.0257. The number of nitrogens with zero attached hydrogens (tertiary/aromatic N) is 2. The molecule has 1 heterocycles. The third-order valence-corrected chi connectivity index (χ3v) is 2.04. The van der Waals surface area contributed by atoms with Crippen molar-refractivity contribution in [1.29, 1.82) is 0 Å². The molecule has 0 radical (unpaired) electrons. The first-order chi connectivity index (χ1) is 8.52. The predicted molar refractivity (Wildman–Crippen MR) is 67.1 cm³/mol. The Balaban J connectivity index is 2.62. The topological polar surface area (TPSA) is 123 Å². The van der Waals surface area contributed by atoms with E-state index in [-0.39, 0.29) is 29.8 Å². The lowest BCUT2D eigenvalue weighted by Gasteiger charge is -2.06. The van der Waals surface area contributed by atoms with E-state index in [1.165, 1.54) is 6.07 Å². The largest absolute Gasteiger partial charge is 0.383 e. The van der Waals surface area contributed by atoms with Crippen LogP contribution >= 0.6 is 0 Å². The number of nitro groups is 1. The molecule has 18 heavy (non-hydrogen) atoms. The quantitative estimate of drug-likeness (QED) is 0.501. The highest BCUT2D eigenvalue weighted by Gasteiger charge is 2.10. The zero-order valence-electron chi connectivity index (χ0n) is 9.97. The SMILES string of the molecule is CCCNC(=O)CNc1cc([N+](=O)[O-])cc(N)n1. The molecule has 0 saturated carbocycles. The molecule has 1 aromatic rings. The molecule has 0 saturated heterocycles. The Morgan fingerprint density at radius 2 is 2.28 bits per heavy atom. The summed E-state index contributed by atoms with van der Waals surface area (Å²) < 4.78 is 0. The first-order valence-corrected chi connectivity index (χ1v) is 5.45. The molecule has 98 valence electrons. The summed E-state index contributed by atoms with van der Waals surface area (Å²) in [6.07, 6.45) is 0.841. The van der Waals surface area contributed by atoms with Gasteiger partial charge in [-0.3, -0.25) is 14.9 Å². The standard InChI is InChI=1S/C10H15N5O3/c1-2-3-12-10(16)6-13-9-5-7(15(17)18)4-8(11)14-9/h4-5H,2-3,6H2,1H3,(H,12,16)(H3,11,13,14). The number of nitrogens with two attached hydrogens (primary N) is 1. The number of pyridine rings is 1. The number of hydrogen-bond acceptors (Lipinski definition) is 6. The number of rotatable bonds is 6. The molecule has 0 aliphatic rings. The number of hydrogen-bond donors (Lipinski definition) is 3. The summed E-state index contributed by atoms with van der Waals surface area (Å²) >= 11 is 0. The molecule has 8 nitrogen and oxygen atoms in total. The Hall–Kier alpha value is -2.38. The maximum Gasteiger partial charge on any atom is 0.276 e. The van der Waals surface area contributed by atoms with Gasteiger partial charge in [-0.1, -0.05) is 6.92 Å². The molecule has 1 amide bonds. The zero-order valence-corrected chi connectivity index (χ0v) is 9.97. The van der Waals surface area contributed by atoms with Gasteiger partial charge in [0.1, 0.15) is 11.6 Å². The molecule has 0 bridgehead atoms. The summed E-state index contributed by atoms with van der Waals surface area (Å²) in [6, 6.07) is 2.38. The fraction of sp³-hybridized carbons (Fsp3) is 0.400. The van der Waals surface area contributed by atoms with Crippen LogP contribution in [0.4, 0.5) is 17.3 Å². The third kappa shape index (κ3) is 4.24. The predicted octanol–water partition coefficient (Wildman–Crippen LogP) is 0.510. The fourth-order valence-corrected chi connectivity index (χ4v) is 1.23. The number of nitrogen functional groups attached to an aromatic ring is 1. The summed E-state index contributed by atoms with van der Waals surface area (Å²) in [5.41, 5.74) is 5.26. The van der Waals surface area contributed by atoms with Crippen molar-refractivity contribution in [2.45, 2.75) is 13.3 Å². The maximum atomic E-state index is 11.3. The van der Waals surface area contributed by atoms with E-state index in [4.69, 9.17) is 5.73 Å². The van der Waals surface area contributed by atoms with Crippen LogP contribution in [0, 0.1) is 10.1 Å². The van der Waals surface area contributed by atoms with Gasteiger partial charge >= 0.3 is 0 Å². The minimum absolute atomic E-state index is 0.00634. The first kappa shape index (κ1) is 13.7. The monoisotopic (exact) mass is 253 g/mol. The molecule has 0 fully saturated rings. The van der Waals surface area contributed by atoms with Crippen LogP contribution in [0.3, 0.4) is 0 Å². The molecule has 4 N–H and O–H groups in total. The lowest BCUT2D eigenvalue weighted by molar-refractivity contribution is -0.384. The van der Waals surface area contributed by atoms with Gasteiger partial charge in [-0.2, -0.15) is 0 Å². The van der Waals surface area contributed by atoms with Gasteiger partial charge in [0.2, 0.25) is 5.91 Å². The average molecular weight is 253 g/mol. The van der Waals surface area contributed by atoms with Gasteiger partial charge in [0.05, 0.1) is 23.6 Å². The van der Waals surface area contributed by atoms with Crippen LogP contribution in [-0.4, -0.2) is 28.9 Å². The highest BCUT2D eigenvalue weighted by molar-refractivity contribution is 5.80. The number of carbonyl (C=O) groups excluding carboxylic acids is 1. The van der Waals surface area contributed by atoms with Gasteiger partial charge < -0.3 is 16.4 Å². The lowest BCUT2D eigenvalue weighted by atomic mass is 10.3. The van der Waals surface area contributed by atoms with E-state index in [1.54, 1.807) is 0 Å². The van der Waals surface area contributed by atoms with Crippen LogP contribution in [0.25, 0.3) is 0 Å². The van der Waals surface area contributed by atoms with E-state index < -0.39 is 4.92 Å². The van der Waals surface area contributed by atoms with Crippen LogP contribution in [-0.2, 0) is 4.79 Å². The van der Waals surface area contributed by atoms with Crippen LogP contribution < -0.4 is 16.4 Å². The normalized spacial score (nSPS) is 9.83. The maximum absolute atomic E-state index is 11.3. The van der Waals surface area contributed by atoms with Crippen molar-refractivity contribution in [1.82, 2.24) is 10.3 Å². The Morgan fingerprint density at radius 3 is 2.89 bits per heavy atom. The molecule has 0 aliphatic heterocycles. The summed E-state index contributed by atoms with van der Waals surface area (Å²) in [7, 11) is 0. The molecule has 0 unspecified atom stereocenters. The molecule has 0 atom stereocenters. The fourth-order valence-electron chi connectivity index (χ4n) is 1.23.